The average molecular weight is 312 g/mol. The molecule has 0 aliphatic carbocycles. The number of amides is 1. The molecule has 22 heavy (non-hydrogen) atoms. The maximum Gasteiger partial charge on any atom is 0.262 e. The molecule has 5 nitrogen and oxygen atoms in total. The Hall–Kier alpha value is -1.89. The Morgan fingerprint density at radius 3 is 2.82 bits per heavy atom. The SMILES string of the molecule is O=C(NCc1ccc2c(c1)OCCCO2)C1CC(F)(F)CN1. The summed E-state index contributed by atoms with van der Waals surface area (Å²) in [6.45, 7) is 1.02. The van der Waals surface area contributed by atoms with E-state index in [0.717, 1.165) is 12.0 Å². The van der Waals surface area contributed by atoms with Crippen LogP contribution < -0.4 is 20.1 Å². The molecule has 1 atom stereocenters. The molecule has 120 valence electrons. The zero-order valence-electron chi connectivity index (χ0n) is 12.0. The first-order valence-corrected chi connectivity index (χ1v) is 7.31. The zero-order valence-corrected chi connectivity index (χ0v) is 12.0. The molecule has 1 amide bonds. The molecule has 0 saturated carbocycles. The number of rotatable bonds is 3. The largest absolute Gasteiger partial charge is 0.490 e. The van der Waals surface area contributed by atoms with Gasteiger partial charge in [-0.3, -0.25) is 10.1 Å². The first kappa shape index (κ1) is 15.0. The second kappa shape index (κ2) is 6.08. The molecule has 0 aromatic heterocycles. The van der Waals surface area contributed by atoms with E-state index in [9.17, 15) is 13.6 Å². The lowest BCUT2D eigenvalue weighted by Gasteiger charge is -2.13. The topological polar surface area (TPSA) is 59.6 Å². The molecule has 3 rings (SSSR count). The molecule has 1 aromatic rings. The monoisotopic (exact) mass is 312 g/mol. The van der Waals surface area contributed by atoms with Crippen LogP contribution in [0.25, 0.3) is 0 Å². The molecule has 0 bridgehead atoms. The highest BCUT2D eigenvalue weighted by atomic mass is 19.3. The standard InChI is InChI=1S/C15H18F2N2O3/c16-15(17)7-11(19-9-15)14(20)18-8-10-2-3-12-13(6-10)22-5-1-4-21-12/h2-3,6,11,19H,1,4-5,7-9H2,(H,18,20). The van der Waals surface area contributed by atoms with Gasteiger partial charge in [-0.15, -0.1) is 0 Å². The van der Waals surface area contributed by atoms with Crippen LogP contribution in [-0.4, -0.2) is 37.6 Å². The minimum Gasteiger partial charge on any atom is -0.490 e. The highest BCUT2D eigenvalue weighted by molar-refractivity contribution is 5.82. The van der Waals surface area contributed by atoms with Gasteiger partial charge in [0.1, 0.15) is 0 Å². The van der Waals surface area contributed by atoms with E-state index in [-0.39, 0.29) is 6.54 Å². The maximum atomic E-state index is 13.1. The summed E-state index contributed by atoms with van der Waals surface area (Å²) in [6, 6.07) is 4.59. The fourth-order valence-corrected chi connectivity index (χ4v) is 2.53. The average Bonchev–Trinajstić information content (AvgIpc) is 2.72. The van der Waals surface area contributed by atoms with Crippen LogP contribution in [0.4, 0.5) is 8.78 Å². The molecule has 2 N–H and O–H groups in total. The fraction of sp³-hybridized carbons (Fsp3) is 0.533. The summed E-state index contributed by atoms with van der Waals surface area (Å²) in [5.74, 6) is -1.89. The number of hydrogen-bond donors (Lipinski definition) is 2. The number of carbonyl (C=O) groups excluding carboxylic acids is 1. The van der Waals surface area contributed by atoms with E-state index in [0.29, 0.717) is 24.7 Å². The van der Waals surface area contributed by atoms with Gasteiger partial charge in [0.2, 0.25) is 5.91 Å². The molecule has 1 unspecified atom stereocenters. The van der Waals surface area contributed by atoms with Crippen molar-refractivity contribution in [2.75, 3.05) is 19.8 Å². The predicted octanol–water partition coefficient (Wildman–Crippen LogP) is 1.46. The lowest BCUT2D eigenvalue weighted by Crippen LogP contribution is -2.40. The van der Waals surface area contributed by atoms with Gasteiger partial charge in [0.05, 0.1) is 25.8 Å². The second-order valence-electron chi connectivity index (χ2n) is 5.54. The van der Waals surface area contributed by atoms with E-state index in [1.807, 2.05) is 6.07 Å². The van der Waals surface area contributed by atoms with Gasteiger partial charge in [-0.25, -0.2) is 8.78 Å². The number of alkyl halides is 2. The summed E-state index contributed by atoms with van der Waals surface area (Å²) in [4.78, 5) is 11.9. The van der Waals surface area contributed by atoms with Gasteiger partial charge in [0.15, 0.2) is 11.5 Å². The van der Waals surface area contributed by atoms with Crippen molar-refractivity contribution in [2.45, 2.75) is 31.4 Å². The molecule has 1 saturated heterocycles. The highest BCUT2D eigenvalue weighted by Gasteiger charge is 2.42. The Labute approximate surface area is 127 Å². The van der Waals surface area contributed by atoms with Crippen molar-refractivity contribution in [2.24, 2.45) is 0 Å². The quantitative estimate of drug-likeness (QED) is 0.887. The normalized spacial score (nSPS) is 22.9. The van der Waals surface area contributed by atoms with Gasteiger partial charge < -0.3 is 14.8 Å². The summed E-state index contributed by atoms with van der Waals surface area (Å²) in [5.41, 5.74) is 0.836. The van der Waals surface area contributed by atoms with Crippen molar-refractivity contribution < 1.29 is 23.0 Å². The van der Waals surface area contributed by atoms with Crippen LogP contribution in [-0.2, 0) is 11.3 Å². The van der Waals surface area contributed by atoms with Gasteiger partial charge in [-0.05, 0) is 17.7 Å². The first-order valence-electron chi connectivity index (χ1n) is 7.31. The number of hydrogen-bond acceptors (Lipinski definition) is 4. The minimum atomic E-state index is -2.81. The molecule has 2 aliphatic rings. The Kier molecular flexibility index (Phi) is 4.15. The molecule has 1 fully saturated rings. The molecule has 7 heteroatoms. The predicted molar refractivity (Wildman–Crippen MR) is 75.3 cm³/mol. The van der Waals surface area contributed by atoms with Crippen molar-refractivity contribution in [3.8, 4) is 11.5 Å². The summed E-state index contributed by atoms with van der Waals surface area (Å²) in [7, 11) is 0. The third-order valence-corrected chi connectivity index (χ3v) is 3.71. The summed E-state index contributed by atoms with van der Waals surface area (Å²) in [5, 5.41) is 5.20. The van der Waals surface area contributed by atoms with Crippen molar-refractivity contribution in [1.82, 2.24) is 10.6 Å². The fourth-order valence-electron chi connectivity index (χ4n) is 2.53. The Bertz CT molecular complexity index is 566. The van der Waals surface area contributed by atoms with Gasteiger partial charge >= 0.3 is 0 Å². The molecule has 2 aliphatic heterocycles. The third-order valence-electron chi connectivity index (χ3n) is 3.71. The van der Waals surface area contributed by atoms with Crippen molar-refractivity contribution in [1.29, 1.82) is 0 Å². The Balaban J connectivity index is 1.57. The van der Waals surface area contributed by atoms with E-state index in [2.05, 4.69) is 10.6 Å². The number of halogens is 2. The molecule has 1 aromatic carbocycles. The number of nitrogens with one attached hydrogen (secondary N) is 2. The minimum absolute atomic E-state index is 0.263. The van der Waals surface area contributed by atoms with Crippen LogP contribution in [0.5, 0.6) is 11.5 Å². The van der Waals surface area contributed by atoms with Crippen molar-refractivity contribution in [3.05, 3.63) is 23.8 Å². The van der Waals surface area contributed by atoms with Crippen molar-refractivity contribution in [3.63, 3.8) is 0 Å². The van der Waals surface area contributed by atoms with Crippen LogP contribution >= 0.6 is 0 Å². The van der Waals surface area contributed by atoms with Crippen LogP contribution in [0.2, 0.25) is 0 Å². The molecule has 0 spiro atoms. The maximum absolute atomic E-state index is 13.1. The number of carbonyl (C=O) groups is 1. The third kappa shape index (κ3) is 3.47. The van der Waals surface area contributed by atoms with Gasteiger partial charge in [-0.1, -0.05) is 6.07 Å². The van der Waals surface area contributed by atoms with Crippen LogP contribution in [0.15, 0.2) is 18.2 Å². The highest BCUT2D eigenvalue weighted by Crippen LogP contribution is 2.30. The van der Waals surface area contributed by atoms with Gasteiger partial charge in [-0.2, -0.15) is 0 Å². The Morgan fingerprint density at radius 2 is 2.09 bits per heavy atom. The smallest absolute Gasteiger partial charge is 0.262 e. The van der Waals surface area contributed by atoms with Gasteiger partial charge in [0, 0.05) is 19.4 Å². The van der Waals surface area contributed by atoms with E-state index in [1.54, 1.807) is 12.1 Å². The van der Waals surface area contributed by atoms with E-state index >= 15 is 0 Å². The molecule has 0 radical (unpaired) electrons. The van der Waals surface area contributed by atoms with Crippen LogP contribution in [0.3, 0.4) is 0 Å². The summed E-state index contributed by atoms with van der Waals surface area (Å²) < 4.78 is 37.2. The number of benzene rings is 1. The lowest BCUT2D eigenvalue weighted by atomic mass is 10.1. The second-order valence-corrected chi connectivity index (χ2v) is 5.54. The molecule has 2 heterocycles. The first-order chi connectivity index (χ1) is 10.5. The zero-order chi connectivity index (χ0) is 15.6. The van der Waals surface area contributed by atoms with Crippen LogP contribution in [0.1, 0.15) is 18.4 Å². The molecular formula is C15H18F2N2O3. The Morgan fingerprint density at radius 1 is 1.32 bits per heavy atom. The van der Waals surface area contributed by atoms with Crippen molar-refractivity contribution >= 4 is 5.91 Å². The summed E-state index contributed by atoms with van der Waals surface area (Å²) in [6.07, 6.45) is 0.363. The van der Waals surface area contributed by atoms with Gasteiger partial charge in [0.25, 0.3) is 5.92 Å². The van der Waals surface area contributed by atoms with E-state index in [1.165, 1.54) is 0 Å². The van der Waals surface area contributed by atoms with Crippen LogP contribution in [0, 0.1) is 0 Å². The number of ether oxygens (including phenoxy) is 2. The lowest BCUT2D eigenvalue weighted by molar-refractivity contribution is -0.123. The van der Waals surface area contributed by atoms with E-state index in [4.69, 9.17) is 9.47 Å². The van der Waals surface area contributed by atoms with E-state index < -0.39 is 30.8 Å². The number of fused-ring (bicyclic) bond motifs is 1. The molecular weight excluding hydrogens is 294 g/mol. The summed E-state index contributed by atoms with van der Waals surface area (Å²) >= 11 is 0.